The van der Waals surface area contributed by atoms with E-state index in [4.69, 9.17) is 14.2 Å². The first-order valence-electron chi connectivity index (χ1n) is 8.90. The molecule has 1 amide bonds. The number of carbonyl (C=O) groups is 1. The molecule has 0 spiro atoms. The molecule has 0 saturated carbocycles. The monoisotopic (exact) mass is 376 g/mol. The summed E-state index contributed by atoms with van der Waals surface area (Å²) in [5, 5.41) is 4.06. The van der Waals surface area contributed by atoms with Gasteiger partial charge in [0.2, 0.25) is 5.91 Å². The van der Waals surface area contributed by atoms with Crippen LogP contribution in [0.4, 0.5) is 0 Å². The molecule has 8 heteroatoms. The molecule has 8 nitrogen and oxygen atoms in total. The van der Waals surface area contributed by atoms with Gasteiger partial charge in [-0.2, -0.15) is 5.10 Å². The molecule has 1 aromatic heterocycles. The van der Waals surface area contributed by atoms with Crippen molar-refractivity contribution >= 4 is 5.91 Å². The van der Waals surface area contributed by atoms with E-state index in [-0.39, 0.29) is 11.9 Å². The molecule has 0 aliphatic rings. The van der Waals surface area contributed by atoms with Crippen molar-refractivity contribution in [2.75, 3.05) is 27.9 Å². The van der Waals surface area contributed by atoms with Crippen molar-refractivity contribution in [1.82, 2.24) is 19.7 Å². The minimum absolute atomic E-state index is 0.0398. The topological polar surface area (TPSA) is 78.7 Å². The average molecular weight is 376 g/mol. The largest absolute Gasteiger partial charge is 0.493 e. The molecule has 148 valence electrons. The summed E-state index contributed by atoms with van der Waals surface area (Å²) in [6, 6.07) is 5.65. The summed E-state index contributed by atoms with van der Waals surface area (Å²) in [5.41, 5.74) is 0.972. The van der Waals surface area contributed by atoms with Crippen LogP contribution in [-0.2, 0) is 22.6 Å². The number of hydrogen-bond acceptors (Lipinski definition) is 6. The van der Waals surface area contributed by atoms with Crippen molar-refractivity contribution in [1.29, 1.82) is 0 Å². The summed E-state index contributed by atoms with van der Waals surface area (Å²) < 4.78 is 17.6. The van der Waals surface area contributed by atoms with Gasteiger partial charge in [0.05, 0.1) is 26.9 Å². The van der Waals surface area contributed by atoms with Gasteiger partial charge < -0.3 is 19.1 Å². The van der Waals surface area contributed by atoms with E-state index < -0.39 is 0 Å². The van der Waals surface area contributed by atoms with Crippen LogP contribution in [0.15, 0.2) is 30.9 Å². The zero-order valence-corrected chi connectivity index (χ0v) is 16.4. The van der Waals surface area contributed by atoms with Crippen molar-refractivity contribution < 1.29 is 19.0 Å². The van der Waals surface area contributed by atoms with Gasteiger partial charge in [-0.15, -0.1) is 0 Å². The molecule has 0 saturated heterocycles. The Labute approximate surface area is 160 Å². The van der Waals surface area contributed by atoms with Crippen LogP contribution in [0.1, 0.15) is 25.3 Å². The Bertz CT molecular complexity index is 706. The molecule has 1 aromatic carbocycles. The minimum atomic E-state index is -0.0398. The van der Waals surface area contributed by atoms with Gasteiger partial charge in [-0.3, -0.25) is 9.48 Å². The zero-order valence-electron chi connectivity index (χ0n) is 16.4. The van der Waals surface area contributed by atoms with E-state index >= 15 is 0 Å². The first-order chi connectivity index (χ1) is 13.1. The van der Waals surface area contributed by atoms with Gasteiger partial charge in [-0.1, -0.05) is 6.07 Å². The summed E-state index contributed by atoms with van der Waals surface area (Å²) in [7, 11) is 4.84. The van der Waals surface area contributed by atoms with Crippen molar-refractivity contribution in [2.24, 2.45) is 0 Å². The van der Waals surface area contributed by atoms with Gasteiger partial charge in [0.15, 0.2) is 11.5 Å². The number of ether oxygens (including phenoxy) is 3. The van der Waals surface area contributed by atoms with Gasteiger partial charge in [0.1, 0.15) is 12.7 Å². The molecule has 0 bridgehead atoms. The lowest BCUT2D eigenvalue weighted by atomic mass is 10.1. The minimum Gasteiger partial charge on any atom is -0.493 e. The number of rotatable bonds is 11. The second-order valence-corrected chi connectivity index (χ2v) is 6.28. The highest BCUT2D eigenvalue weighted by atomic mass is 16.5. The number of methoxy groups -OCH3 is 3. The zero-order chi connectivity index (χ0) is 19.6. The van der Waals surface area contributed by atoms with Gasteiger partial charge >= 0.3 is 0 Å². The Morgan fingerprint density at radius 1 is 1.22 bits per heavy atom. The fraction of sp³-hybridized carbons (Fsp3) is 0.526. The number of nitrogens with zero attached hydrogens (tertiary/aromatic N) is 4. The van der Waals surface area contributed by atoms with Crippen LogP contribution in [0.5, 0.6) is 11.5 Å². The Hall–Kier alpha value is -2.61. The lowest BCUT2D eigenvalue weighted by Gasteiger charge is -2.29. The van der Waals surface area contributed by atoms with Crippen molar-refractivity contribution in [3.8, 4) is 11.5 Å². The Morgan fingerprint density at radius 2 is 2.00 bits per heavy atom. The molecule has 0 radical (unpaired) electrons. The van der Waals surface area contributed by atoms with Crippen molar-refractivity contribution in [3.05, 3.63) is 36.4 Å². The molecule has 1 heterocycles. The number of aromatic nitrogens is 3. The number of benzene rings is 1. The maximum Gasteiger partial charge on any atom is 0.223 e. The summed E-state index contributed by atoms with van der Waals surface area (Å²) >= 11 is 0. The maximum absolute atomic E-state index is 12.8. The Morgan fingerprint density at radius 3 is 2.63 bits per heavy atom. The Kier molecular flexibility index (Phi) is 8.06. The van der Waals surface area contributed by atoms with Crippen LogP contribution in [0.25, 0.3) is 0 Å². The molecular weight excluding hydrogens is 348 g/mol. The molecule has 1 atom stereocenters. The molecule has 0 N–H and O–H groups in total. The number of amides is 1. The van der Waals surface area contributed by atoms with Gasteiger partial charge in [0.25, 0.3) is 0 Å². The number of aryl methyl sites for hydroxylation is 1. The van der Waals surface area contributed by atoms with Crippen LogP contribution >= 0.6 is 0 Å². The van der Waals surface area contributed by atoms with Crippen LogP contribution < -0.4 is 9.47 Å². The van der Waals surface area contributed by atoms with Gasteiger partial charge in [-0.25, -0.2) is 4.98 Å². The predicted molar refractivity (Wildman–Crippen MR) is 101 cm³/mol. The Balaban J connectivity index is 2.05. The number of carbonyl (C=O) groups excluding carboxylic acids is 1. The van der Waals surface area contributed by atoms with Crippen LogP contribution in [-0.4, -0.2) is 59.5 Å². The smallest absolute Gasteiger partial charge is 0.223 e. The normalized spacial score (nSPS) is 11.9. The first-order valence-corrected chi connectivity index (χ1v) is 8.90. The maximum atomic E-state index is 12.8. The van der Waals surface area contributed by atoms with Crippen LogP contribution in [0, 0.1) is 0 Å². The molecule has 2 aromatic rings. The van der Waals surface area contributed by atoms with E-state index in [0.717, 1.165) is 5.56 Å². The molecule has 0 fully saturated rings. The quantitative estimate of drug-likeness (QED) is 0.598. The van der Waals surface area contributed by atoms with Crippen molar-refractivity contribution in [2.45, 2.75) is 38.9 Å². The van der Waals surface area contributed by atoms with E-state index in [1.165, 1.54) is 6.33 Å². The van der Waals surface area contributed by atoms with E-state index in [9.17, 15) is 4.79 Å². The molecule has 0 unspecified atom stereocenters. The van der Waals surface area contributed by atoms with Crippen LogP contribution in [0.3, 0.4) is 0 Å². The van der Waals surface area contributed by atoms with E-state index in [2.05, 4.69) is 10.1 Å². The highest BCUT2D eigenvalue weighted by Gasteiger charge is 2.21. The third kappa shape index (κ3) is 5.96. The summed E-state index contributed by atoms with van der Waals surface area (Å²) in [6.45, 7) is 3.60. The predicted octanol–water partition coefficient (Wildman–Crippen LogP) is 2.14. The van der Waals surface area contributed by atoms with Gasteiger partial charge in [-0.05, 0) is 31.0 Å². The van der Waals surface area contributed by atoms with Crippen molar-refractivity contribution in [3.63, 3.8) is 0 Å². The number of hydrogen-bond donors (Lipinski definition) is 0. The third-order valence-electron chi connectivity index (χ3n) is 4.31. The highest BCUT2D eigenvalue weighted by Crippen LogP contribution is 2.28. The average Bonchev–Trinajstić information content (AvgIpc) is 3.19. The van der Waals surface area contributed by atoms with E-state index in [1.807, 2.05) is 30.0 Å². The lowest BCUT2D eigenvalue weighted by Crippen LogP contribution is -2.40. The fourth-order valence-corrected chi connectivity index (χ4v) is 2.88. The standard InChI is InChI=1S/C19H28N4O4/c1-15(12-25-2)23(19(24)6-5-9-22-14-20-13-21-22)11-16-7-8-17(26-3)18(10-16)27-4/h7-8,10,13-15H,5-6,9,11-12H2,1-4H3/t15-/m0/s1. The van der Waals surface area contributed by atoms with Gasteiger partial charge in [0, 0.05) is 26.6 Å². The molecule has 0 aliphatic heterocycles. The second-order valence-electron chi connectivity index (χ2n) is 6.28. The third-order valence-corrected chi connectivity index (χ3v) is 4.31. The molecular formula is C19H28N4O4. The second kappa shape index (κ2) is 10.5. The molecule has 0 aliphatic carbocycles. The summed E-state index contributed by atoms with van der Waals surface area (Å²) in [5.74, 6) is 1.39. The first kappa shape index (κ1) is 20.7. The highest BCUT2D eigenvalue weighted by molar-refractivity contribution is 5.76. The SMILES string of the molecule is COC[C@H](C)N(Cc1ccc(OC)c(OC)c1)C(=O)CCCn1cncn1. The summed E-state index contributed by atoms with van der Waals surface area (Å²) in [6.07, 6.45) is 4.27. The lowest BCUT2D eigenvalue weighted by molar-refractivity contribution is -0.135. The van der Waals surface area contributed by atoms with E-state index in [0.29, 0.717) is 44.0 Å². The fourth-order valence-electron chi connectivity index (χ4n) is 2.88. The molecule has 2 rings (SSSR count). The van der Waals surface area contributed by atoms with E-state index in [1.54, 1.807) is 32.3 Å². The summed E-state index contributed by atoms with van der Waals surface area (Å²) in [4.78, 5) is 18.6. The molecule has 27 heavy (non-hydrogen) atoms. The van der Waals surface area contributed by atoms with Crippen LogP contribution in [0.2, 0.25) is 0 Å².